The van der Waals surface area contributed by atoms with E-state index >= 15 is 0 Å². The summed E-state index contributed by atoms with van der Waals surface area (Å²) in [6, 6.07) is 16.6. The molecule has 108 valence electrons. The maximum Gasteiger partial charge on any atom is 0.278 e. The molecule has 22 heavy (non-hydrogen) atoms. The molecule has 3 rings (SSSR count). The van der Waals surface area contributed by atoms with Crippen molar-refractivity contribution in [1.29, 1.82) is 0 Å². The van der Waals surface area contributed by atoms with Crippen molar-refractivity contribution >= 4 is 28.7 Å². The van der Waals surface area contributed by atoms with Crippen molar-refractivity contribution in [2.45, 2.75) is 6.92 Å². The van der Waals surface area contributed by atoms with Gasteiger partial charge in [-0.05, 0) is 42.3 Å². The predicted molar refractivity (Wildman–Crippen MR) is 88.5 cm³/mol. The second-order valence-corrected chi connectivity index (χ2v) is 5.03. The number of nitrogens with zero attached hydrogens (tertiary/aromatic N) is 2. The van der Waals surface area contributed by atoms with Gasteiger partial charge in [0.15, 0.2) is 0 Å². The fraction of sp³-hybridized carbons (Fsp3) is 0.0556. The van der Waals surface area contributed by atoms with Crippen LogP contribution in [0.25, 0.3) is 23.1 Å². The Morgan fingerprint density at radius 3 is 2.59 bits per heavy atom. The van der Waals surface area contributed by atoms with Crippen molar-refractivity contribution in [2.75, 3.05) is 0 Å². The van der Waals surface area contributed by atoms with Crippen LogP contribution >= 0.6 is 0 Å². The summed E-state index contributed by atoms with van der Waals surface area (Å²) in [4.78, 5) is 15.1. The molecule has 2 aromatic carbocycles. The first-order valence-electron chi connectivity index (χ1n) is 6.93. The summed E-state index contributed by atoms with van der Waals surface area (Å²) in [6.07, 6.45) is 3.92. The number of hydrogen-bond acceptors (Lipinski definition) is 3. The fourth-order valence-corrected chi connectivity index (χ4v) is 2.36. The van der Waals surface area contributed by atoms with Gasteiger partial charge in [-0.25, -0.2) is 4.98 Å². The molecule has 0 unspecified atom stereocenters. The van der Waals surface area contributed by atoms with E-state index in [2.05, 4.69) is 18.0 Å². The lowest BCUT2D eigenvalue weighted by Gasteiger charge is -2.01. The van der Waals surface area contributed by atoms with Crippen LogP contribution in [-0.4, -0.2) is 9.91 Å². The molecule has 0 aliphatic rings. The third-order valence-corrected chi connectivity index (χ3v) is 3.55. The summed E-state index contributed by atoms with van der Waals surface area (Å²) in [5.41, 5.74) is 3.80. The van der Waals surface area contributed by atoms with Crippen LogP contribution in [0.15, 0.2) is 54.6 Å². The number of hydrogen-bond donors (Lipinski definition) is 0. The van der Waals surface area contributed by atoms with Gasteiger partial charge in [-0.15, -0.1) is 0 Å². The highest BCUT2D eigenvalue weighted by Gasteiger charge is 2.11. The third kappa shape index (κ3) is 2.72. The summed E-state index contributed by atoms with van der Waals surface area (Å²) in [5, 5.41) is 11.6. The van der Waals surface area contributed by atoms with Gasteiger partial charge in [-0.3, -0.25) is 10.1 Å². The molecule has 0 bridgehead atoms. The quantitative estimate of drug-likeness (QED) is 0.522. The van der Waals surface area contributed by atoms with Gasteiger partial charge in [-0.1, -0.05) is 36.4 Å². The number of aromatic nitrogens is 1. The fourth-order valence-electron chi connectivity index (χ4n) is 2.36. The zero-order chi connectivity index (χ0) is 15.5. The first kappa shape index (κ1) is 13.9. The molecule has 4 nitrogen and oxygen atoms in total. The monoisotopic (exact) mass is 290 g/mol. The molecule has 0 saturated heterocycles. The smallest absolute Gasteiger partial charge is 0.258 e. The van der Waals surface area contributed by atoms with E-state index in [4.69, 9.17) is 0 Å². The predicted octanol–water partition coefficient (Wildman–Crippen LogP) is 4.62. The summed E-state index contributed by atoms with van der Waals surface area (Å²) in [5.74, 6) is 0. The van der Waals surface area contributed by atoms with E-state index in [9.17, 15) is 10.1 Å². The van der Waals surface area contributed by atoms with Crippen LogP contribution in [0.3, 0.4) is 0 Å². The van der Waals surface area contributed by atoms with Gasteiger partial charge in [0.25, 0.3) is 5.69 Å². The summed E-state index contributed by atoms with van der Waals surface area (Å²) in [6.45, 7) is 2.05. The van der Waals surface area contributed by atoms with E-state index in [1.807, 2.05) is 30.4 Å². The van der Waals surface area contributed by atoms with Gasteiger partial charge in [0.05, 0.1) is 21.5 Å². The Labute approximate surface area is 127 Å². The SMILES string of the molecule is Cc1ccccc1C=Cc1ccc2c([N+](=O)[O-])cccc2n1. The number of nitro benzene ring substituents is 1. The number of benzene rings is 2. The minimum absolute atomic E-state index is 0.0828. The molecular formula is C18H14N2O2. The molecule has 0 amide bonds. The number of pyridine rings is 1. The van der Waals surface area contributed by atoms with Crippen LogP contribution in [0.2, 0.25) is 0 Å². The van der Waals surface area contributed by atoms with E-state index in [1.54, 1.807) is 24.3 Å². The number of aryl methyl sites for hydroxylation is 1. The molecule has 1 heterocycles. The molecule has 0 fully saturated rings. The van der Waals surface area contributed by atoms with Gasteiger partial charge >= 0.3 is 0 Å². The molecule has 0 saturated carbocycles. The van der Waals surface area contributed by atoms with Gasteiger partial charge in [0.2, 0.25) is 0 Å². The van der Waals surface area contributed by atoms with Crippen molar-refractivity contribution in [3.63, 3.8) is 0 Å². The number of fused-ring (bicyclic) bond motifs is 1. The molecule has 0 aliphatic carbocycles. The minimum atomic E-state index is -0.382. The molecule has 4 heteroatoms. The van der Waals surface area contributed by atoms with Crippen LogP contribution < -0.4 is 0 Å². The lowest BCUT2D eigenvalue weighted by atomic mass is 10.1. The minimum Gasteiger partial charge on any atom is -0.258 e. The lowest BCUT2D eigenvalue weighted by Crippen LogP contribution is -1.91. The van der Waals surface area contributed by atoms with Gasteiger partial charge in [-0.2, -0.15) is 0 Å². The van der Waals surface area contributed by atoms with Crippen LogP contribution in [0, 0.1) is 17.0 Å². The second kappa shape index (κ2) is 5.77. The highest BCUT2D eigenvalue weighted by atomic mass is 16.6. The van der Waals surface area contributed by atoms with E-state index < -0.39 is 0 Å². The van der Waals surface area contributed by atoms with Crippen LogP contribution in [0.4, 0.5) is 5.69 Å². The van der Waals surface area contributed by atoms with E-state index in [0.717, 1.165) is 11.3 Å². The largest absolute Gasteiger partial charge is 0.278 e. The topological polar surface area (TPSA) is 56.0 Å². The highest BCUT2D eigenvalue weighted by Crippen LogP contribution is 2.24. The van der Waals surface area contributed by atoms with Gasteiger partial charge in [0, 0.05) is 6.07 Å². The maximum absolute atomic E-state index is 11.0. The molecule has 0 radical (unpaired) electrons. The Kier molecular flexibility index (Phi) is 3.66. The Hall–Kier alpha value is -3.01. The molecule has 0 atom stereocenters. The van der Waals surface area contributed by atoms with Crippen LogP contribution in [0.1, 0.15) is 16.8 Å². The first-order chi connectivity index (χ1) is 10.6. The van der Waals surface area contributed by atoms with Crippen molar-refractivity contribution in [3.8, 4) is 0 Å². The second-order valence-electron chi connectivity index (χ2n) is 5.03. The third-order valence-electron chi connectivity index (χ3n) is 3.55. The highest BCUT2D eigenvalue weighted by molar-refractivity contribution is 5.89. The van der Waals surface area contributed by atoms with Crippen LogP contribution in [0.5, 0.6) is 0 Å². The van der Waals surface area contributed by atoms with Crippen molar-refractivity contribution in [2.24, 2.45) is 0 Å². The average molecular weight is 290 g/mol. The van der Waals surface area contributed by atoms with Crippen molar-refractivity contribution < 1.29 is 4.92 Å². The summed E-state index contributed by atoms with van der Waals surface area (Å²) in [7, 11) is 0. The normalized spacial score (nSPS) is 11.1. The van der Waals surface area contributed by atoms with E-state index in [0.29, 0.717) is 10.9 Å². The lowest BCUT2D eigenvalue weighted by molar-refractivity contribution is -0.383. The zero-order valence-corrected chi connectivity index (χ0v) is 12.1. The Morgan fingerprint density at radius 1 is 1.00 bits per heavy atom. The number of non-ortho nitro benzene ring substituents is 1. The molecule has 0 N–H and O–H groups in total. The maximum atomic E-state index is 11.0. The van der Waals surface area contributed by atoms with Crippen molar-refractivity contribution in [1.82, 2.24) is 4.98 Å². The number of rotatable bonds is 3. The average Bonchev–Trinajstić information content (AvgIpc) is 2.53. The summed E-state index contributed by atoms with van der Waals surface area (Å²) < 4.78 is 0. The molecule has 0 aliphatic heterocycles. The van der Waals surface area contributed by atoms with Crippen LogP contribution in [-0.2, 0) is 0 Å². The van der Waals surface area contributed by atoms with Crippen molar-refractivity contribution in [3.05, 3.63) is 81.5 Å². The molecule has 0 spiro atoms. The molecule has 3 aromatic rings. The van der Waals surface area contributed by atoms with E-state index in [-0.39, 0.29) is 10.6 Å². The zero-order valence-electron chi connectivity index (χ0n) is 12.1. The molecule has 1 aromatic heterocycles. The van der Waals surface area contributed by atoms with Gasteiger partial charge < -0.3 is 0 Å². The molecular weight excluding hydrogens is 276 g/mol. The Balaban J connectivity index is 2.00. The Morgan fingerprint density at radius 2 is 1.82 bits per heavy atom. The standard InChI is InChI=1S/C18H14N2O2/c1-13-5-2-3-6-14(13)9-10-15-11-12-16-17(19-15)7-4-8-18(16)20(21)22/h2-12H,1H3. The number of nitro groups is 1. The summed E-state index contributed by atoms with van der Waals surface area (Å²) >= 11 is 0. The van der Waals surface area contributed by atoms with Gasteiger partial charge in [0.1, 0.15) is 0 Å². The van der Waals surface area contributed by atoms with E-state index in [1.165, 1.54) is 11.6 Å². The Bertz CT molecular complexity index is 885. The first-order valence-corrected chi connectivity index (χ1v) is 6.93.